The van der Waals surface area contributed by atoms with Gasteiger partial charge < -0.3 is 4.42 Å². The van der Waals surface area contributed by atoms with E-state index >= 15 is 0 Å². The zero-order valence-corrected chi connectivity index (χ0v) is 10.9. The minimum absolute atomic E-state index is 0.0892. The minimum atomic E-state index is -3.54. The number of furan rings is 1. The van der Waals surface area contributed by atoms with Gasteiger partial charge in [0.2, 0.25) is 10.0 Å². The fourth-order valence-corrected chi connectivity index (χ4v) is 2.46. The Hall–Kier alpha value is -1.37. The molecule has 0 radical (unpaired) electrons. The maximum absolute atomic E-state index is 11.8. The molecule has 2 aromatic heterocycles. The first kappa shape index (κ1) is 13.1. The lowest BCUT2D eigenvalue weighted by atomic mass is 10.3. The Bertz CT molecular complexity index is 594. The molecule has 0 spiro atoms. The quantitative estimate of drug-likeness (QED) is 0.852. The van der Waals surface area contributed by atoms with E-state index in [4.69, 9.17) is 16.0 Å². The van der Waals surface area contributed by atoms with Crippen molar-refractivity contribution >= 4 is 21.6 Å². The monoisotopic (exact) mass is 286 g/mol. The third-order valence-corrected chi connectivity index (χ3v) is 3.92. The zero-order chi connectivity index (χ0) is 13.0. The Balaban J connectivity index is 1.97. The van der Waals surface area contributed by atoms with E-state index in [-0.39, 0.29) is 16.6 Å². The van der Waals surface area contributed by atoms with Gasteiger partial charge in [-0.05, 0) is 24.3 Å². The predicted octanol–water partition coefficient (Wildman–Crippen LogP) is 1.85. The second kappa shape index (κ2) is 5.51. The Kier molecular flexibility index (Phi) is 4.00. The predicted molar refractivity (Wildman–Crippen MR) is 66.8 cm³/mol. The van der Waals surface area contributed by atoms with Gasteiger partial charge >= 0.3 is 0 Å². The van der Waals surface area contributed by atoms with E-state index in [1.54, 1.807) is 18.4 Å². The van der Waals surface area contributed by atoms with Crippen LogP contribution in [0.2, 0.25) is 5.15 Å². The van der Waals surface area contributed by atoms with Crippen LogP contribution < -0.4 is 4.72 Å². The molecule has 2 aromatic rings. The van der Waals surface area contributed by atoms with Crippen LogP contribution in [0.4, 0.5) is 0 Å². The van der Waals surface area contributed by atoms with Crippen LogP contribution in [-0.2, 0) is 16.4 Å². The SMILES string of the molecule is O=S(=O)(NCCc1ccco1)c1ccc(Cl)nc1. The molecule has 0 saturated heterocycles. The Labute approximate surface area is 110 Å². The zero-order valence-electron chi connectivity index (χ0n) is 9.34. The first-order valence-electron chi connectivity index (χ1n) is 5.21. The van der Waals surface area contributed by atoms with Crippen molar-refractivity contribution in [2.24, 2.45) is 0 Å². The van der Waals surface area contributed by atoms with Crippen LogP contribution in [0.3, 0.4) is 0 Å². The van der Waals surface area contributed by atoms with Crippen LogP contribution in [0.25, 0.3) is 0 Å². The summed E-state index contributed by atoms with van der Waals surface area (Å²) >= 11 is 5.59. The molecule has 1 N–H and O–H groups in total. The number of pyridine rings is 1. The van der Waals surface area contributed by atoms with Crippen LogP contribution in [0.1, 0.15) is 5.76 Å². The Morgan fingerprint density at radius 1 is 1.33 bits per heavy atom. The highest BCUT2D eigenvalue weighted by Crippen LogP contribution is 2.10. The molecular weight excluding hydrogens is 276 g/mol. The molecule has 2 heterocycles. The summed E-state index contributed by atoms with van der Waals surface area (Å²) in [6, 6.07) is 6.39. The van der Waals surface area contributed by atoms with E-state index in [1.165, 1.54) is 18.3 Å². The molecule has 18 heavy (non-hydrogen) atoms. The molecular formula is C11H11ClN2O3S. The van der Waals surface area contributed by atoms with Crippen molar-refractivity contribution in [2.75, 3.05) is 6.54 Å². The van der Waals surface area contributed by atoms with Gasteiger partial charge in [-0.2, -0.15) is 0 Å². The summed E-state index contributed by atoms with van der Waals surface area (Å²) in [6.45, 7) is 0.262. The van der Waals surface area contributed by atoms with E-state index in [1.807, 2.05) is 0 Å². The lowest BCUT2D eigenvalue weighted by molar-refractivity contribution is 0.506. The number of rotatable bonds is 5. The van der Waals surface area contributed by atoms with Crippen molar-refractivity contribution in [3.8, 4) is 0 Å². The molecule has 7 heteroatoms. The molecule has 0 fully saturated rings. The largest absolute Gasteiger partial charge is 0.469 e. The summed E-state index contributed by atoms with van der Waals surface area (Å²) in [6.07, 6.45) is 3.26. The van der Waals surface area contributed by atoms with Gasteiger partial charge in [0.25, 0.3) is 0 Å². The van der Waals surface area contributed by atoms with Crippen molar-refractivity contribution in [1.82, 2.24) is 9.71 Å². The van der Waals surface area contributed by atoms with Gasteiger partial charge in [0, 0.05) is 19.2 Å². The standard InChI is InChI=1S/C11H11ClN2O3S/c12-11-4-3-10(8-13-11)18(15,16)14-6-5-9-2-1-7-17-9/h1-4,7-8,14H,5-6H2. The fourth-order valence-electron chi connectivity index (χ4n) is 1.37. The van der Waals surface area contributed by atoms with Crippen LogP contribution in [0.5, 0.6) is 0 Å². The van der Waals surface area contributed by atoms with Gasteiger partial charge in [0.1, 0.15) is 15.8 Å². The van der Waals surface area contributed by atoms with Crippen molar-refractivity contribution in [3.63, 3.8) is 0 Å². The summed E-state index contributed by atoms with van der Waals surface area (Å²) < 4.78 is 31.3. The molecule has 96 valence electrons. The van der Waals surface area contributed by atoms with E-state index in [2.05, 4.69) is 9.71 Å². The van der Waals surface area contributed by atoms with Gasteiger partial charge in [0.05, 0.1) is 6.26 Å². The van der Waals surface area contributed by atoms with Crippen molar-refractivity contribution < 1.29 is 12.8 Å². The van der Waals surface area contributed by atoms with Gasteiger partial charge in [-0.3, -0.25) is 0 Å². The molecule has 0 aromatic carbocycles. The van der Waals surface area contributed by atoms with Crippen LogP contribution in [-0.4, -0.2) is 19.9 Å². The second-order valence-electron chi connectivity index (χ2n) is 3.54. The average Bonchev–Trinajstić information content (AvgIpc) is 2.82. The lowest BCUT2D eigenvalue weighted by Gasteiger charge is -2.05. The van der Waals surface area contributed by atoms with Crippen LogP contribution >= 0.6 is 11.6 Å². The maximum atomic E-state index is 11.8. The van der Waals surface area contributed by atoms with Crippen molar-refractivity contribution in [2.45, 2.75) is 11.3 Å². The van der Waals surface area contributed by atoms with Gasteiger partial charge in [-0.25, -0.2) is 18.1 Å². The third kappa shape index (κ3) is 3.32. The minimum Gasteiger partial charge on any atom is -0.469 e. The lowest BCUT2D eigenvalue weighted by Crippen LogP contribution is -2.26. The first-order valence-corrected chi connectivity index (χ1v) is 7.08. The van der Waals surface area contributed by atoms with Gasteiger partial charge in [-0.15, -0.1) is 0 Å². The number of aromatic nitrogens is 1. The summed E-state index contributed by atoms with van der Waals surface area (Å²) in [5, 5.41) is 0.254. The van der Waals surface area contributed by atoms with E-state index in [9.17, 15) is 8.42 Å². The summed E-state index contributed by atoms with van der Waals surface area (Å²) in [5.74, 6) is 0.729. The topological polar surface area (TPSA) is 72.2 Å². The van der Waals surface area contributed by atoms with E-state index < -0.39 is 10.0 Å². The van der Waals surface area contributed by atoms with Gasteiger partial charge in [0.15, 0.2) is 0 Å². The summed E-state index contributed by atoms with van der Waals surface area (Å²) in [4.78, 5) is 3.82. The first-order chi connectivity index (χ1) is 8.58. The molecule has 0 unspecified atom stereocenters. The highest BCUT2D eigenvalue weighted by atomic mass is 35.5. The van der Waals surface area contributed by atoms with Crippen LogP contribution in [0, 0.1) is 0 Å². The number of halogens is 1. The number of nitrogens with one attached hydrogen (secondary N) is 1. The van der Waals surface area contributed by atoms with Crippen molar-refractivity contribution in [3.05, 3.63) is 47.6 Å². The normalized spacial score (nSPS) is 11.6. The average molecular weight is 287 g/mol. The summed E-state index contributed by atoms with van der Waals surface area (Å²) in [5.41, 5.74) is 0. The molecule has 0 aliphatic heterocycles. The van der Waals surface area contributed by atoms with E-state index in [0.29, 0.717) is 6.42 Å². The smallest absolute Gasteiger partial charge is 0.242 e. The molecule has 0 bridgehead atoms. The number of sulfonamides is 1. The fraction of sp³-hybridized carbons (Fsp3) is 0.182. The molecule has 2 rings (SSSR count). The Morgan fingerprint density at radius 3 is 2.78 bits per heavy atom. The van der Waals surface area contributed by atoms with Crippen molar-refractivity contribution in [1.29, 1.82) is 0 Å². The highest BCUT2D eigenvalue weighted by molar-refractivity contribution is 7.89. The maximum Gasteiger partial charge on any atom is 0.242 e. The highest BCUT2D eigenvalue weighted by Gasteiger charge is 2.13. The molecule has 0 aliphatic rings. The molecule has 0 saturated carbocycles. The van der Waals surface area contributed by atoms with Gasteiger partial charge in [-0.1, -0.05) is 11.6 Å². The summed E-state index contributed by atoms with van der Waals surface area (Å²) in [7, 11) is -3.54. The number of hydrogen-bond acceptors (Lipinski definition) is 4. The van der Waals surface area contributed by atoms with E-state index in [0.717, 1.165) is 5.76 Å². The third-order valence-electron chi connectivity index (χ3n) is 2.25. The van der Waals surface area contributed by atoms with Crippen LogP contribution in [0.15, 0.2) is 46.0 Å². The Morgan fingerprint density at radius 2 is 2.17 bits per heavy atom. The second-order valence-corrected chi connectivity index (χ2v) is 5.70. The molecule has 0 amide bonds. The number of hydrogen-bond donors (Lipinski definition) is 1. The molecule has 5 nitrogen and oxygen atoms in total. The molecule has 0 atom stereocenters. The molecule has 0 aliphatic carbocycles. The number of nitrogens with zero attached hydrogens (tertiary/aromatic N) is 1.